The van der Waals surface area contributed by atoms with Crippen LogP contribution < -0.4 is 5.32 Å². The Morgan fingerprint density at radius 1 is 1.30 bits per heavy atom. The Labute approximate surface area is 130 Å². The molecule has 1 heterocycles. The third-order valence-electron chi connectivity index (χ3n) is 2.75. The molecule has 1 atom stereocenters. The van der Waals surface area contributed by atoms with Gasteiger partial charge < -0.3 is 20.5 Å². The Hall–Kier alpha value is -1.38. The summed E-state index contributed by atoms with van der Waals surface area (Å²) in [5.74, 6) is -1.85. The molecule has 1 amide bonds. The molecule has 0 aliphatic heterocycles. The maximum atomic E-state index is 12.1. The van der Waals surface area contributed by atoms with Crippen molar-refractivity contribution in [3.63, 3.8) is 0 Å². The van der Waals surface area contributed by atoms with Gasteiger partial charge in [-0.1, -0.05) is 0 Å². The van der Waals surface area contributed by atoms with Gasteiger partial charge in [-0.2, -0.15) is 0 Å². The van der Waals surface area contributed by atoms with E-state index in [0.717, 1.165) is 14.5 Å². The molecule has 6 nitrogen and oxygen atoms in total. The molecule has 4 N–H and O–H groups in total. The van der Waals surface area contributed by atoms with Gasteiger partial charge in [0.25, 0.3) is 5.91 Å². The molecule has 2 rings (SSSR count). The van der Waals surface area contributed by atoms with E-state index in [1.165, 1.54) is 6.20 Å². The fourth-order valence-electron chi connectivity index (χ4n) is 1.73. The number of aliphatic carboxylic acids is 1. The van der Waals surface area contributed by atoms with E-state index in [9.17, 15) is 9.59 Å². The number of aliphatic hydroxyl groups is 1. The molecule has 8 heteroatoms. The van der Waals surface area contributed by atoms with Crippen molar-refractivity contribution in [3.8, 4) is 0 Å². The highest BCUT2D eigenvalue weighted by Gasteiger charge is 2.21. The van der Waals surface area contributed by atoms with Gasteiger partial charge in [0.15, 0.2) is 6.04 Å². The number of H-pyrrole nitrogens is 1. The van der Waals surface area contributed by atoms with Crippen molar-refractivity contribution in [2.75, 3.05) is 6.61 Å². The highest BCUT2D eigenvalue weighted by atomic mass is 79.9. The molecule has 106 valence electrons. The molecule has 0 unspecified atom stereocenters. The van der Waals surface area contributed by atoms with Gasteiger partial charge in [0.1, 0.15) is 0 Å². The number of carbonyl (C=O) groups is 2. The number of hydrogen-bond acceptors (Lipinski definition) is 3. The van der Waals surface area contributed by atoms with Crippen LogP contribution in [0.5, 0.6) is 0 Å². The number of carboxylic acid groups (broad SMARTS) is 1. The zero-order valence-electron chi connectivity index (χ0n) is 9.98. The average molecular weight is 406 g/mol. The number of benzene rings is 1. The van der Waals surface area contributed by atoms with Crippen molar-refractivity contribution >= 4 is 54.6 Å². The molecule has 20 heavy (non-hydrogen) atoms. The summed E-state index contributed by atoms with van der Waals surface area (Å²) in [5.41, 5.74) is 1.05. The van der Waals surface area contributed by atoms with E-state index in [2.05, 4.69) is 42.2 Å². The first kappa shape index (κ1) is 15.0. The average Bonchev–Trinajstić information content (AvgIpc) is 2.78. The molecule has 0 fully saturated rings. The predicted molar refractivity (Wildman–Crippen MR) is 79.7 cm³/mol. The number of rotatable bonds is 4. The van der Waals surface area contributed by atoms with Crippen LogP contribution in [0.2, 0.25) is 0 Å². The van der Waals surface area contributed by atoms with E-state index in [4.69, 9.17) is 10.2 Å². The standard InChI is InChI=1S/C12H10Br2N2O4/c13-7-1-5-6(3-15-9(5)2-8(7)14)11(18)16-10(4-17)12(19)20/h1-3,10,15,17H,4H2,(H,16,18)(H,19,20)/t10-/m0/s1. The Balaban J connectivity index is 2.35. The first-order chi connectivity index (χ1) is 9.43. The number of aromatic nitrogens is 1. The number of amides is 1. The van der Waals surface area contributed by atoms with Gasteiger partial charge >= 0.3 is 5.97 Å². The molecule has 2 aromatic rings. The van der Waals surface area contributed by atoms with Crippen molar-refractivity contribution in [2.45, 2.75) is 6.04 Å². The zero-order valence-corrected chi connectivity index (χ0v) is 13.2. The second kappa shape index (κ2) is 5.94. The van der Waals surface area contributed by atoms with Crippen LogP contribution in [0.25, 0.3) is 10.9 Å². The van der Waals surface area contributed by atoms with Gasteiger partial charge in [-0.25, -0.2) is 4.79 Å². The first-order valence-electron chi connectivity index (χ1n) is 5.54. The van der Waals surface area contributed by atoms with E-state index in [1.807, 2.05) is 0 Å². The van der Waals surface area contributed by atoms with E-state index in [0.29, 0.717) is 10.9 Å². The minimum atomic E-state index is -1.33. The number of carbonyl (C=O) groups excluding carboxylic acids is 1. The second-order valence-electron chi connectivity index (χ2n) is 4.06. The molecule has 0 bridgehead atoms. The first-order valence-corrected chi connectivity index (χ1v) is 7.13. The van der Waals surface area contributed by atoms with Crippen LogP contribution in [0.4, 0.5) is 0 Å². The molecule has 0 saturated carbocycles. The fraction of sp³-hybridized carbons (Fsp3) is 0.167. The molecular formula is C12H10Br2N2O4. The van der Waals surface area contributed by atoms with Crippen LogP contribution in [0.3, 0.4) is 0 Å². The minimum absolute atomic E-state index is 0.313. The number of fused-ring (bicyclic) bond motifs is 1. The summed E-state index contributed by atoms with van der Waals surface area (Å²) in [5, 5.41) is 20.6. The van der Waals surface area contributed by atoms with Crippen LogP contribution in [-0.4, -0.2) is 39.7 Å². The van der Waals surface area contributed by atoms with Gasteiger partial charge in [-0.15, -0.1) is 0 Å². The quantitative estimate of drug-likeness (QED) is 0.623. The lowest BCUT2D eigenvalue weighted by atomic mass is 10.1. The van der Waals surface area contributed by atoms with E-state index < -0.39 is 24.5 Å². The number of hydrogen-bond donors (Lipinski definition) is 4. The molecule has 0 aliphatic carbocycles. The number of nitrogens with one attached hydrogen (secondary N) is 2. The molecule has 0 aliphatic rings. The highest BCUT2D eigenvalue weighted by Crippen LogP contribution is 2.30. The lowest BCUT2D eigenvalue weighted by Gasteiger charge is -2.11. The highest BCUT2D eigenvalue weighted by molar-refractivity contribution is 9.13. The van der Waals surface area contributed by atoms with E-state index in [-0.39, 0.29) is 0 Å². The SMILES string of the molecule is O=C(N[C@@H](CO)C(=O)O)c1c[nH]c2cc(Br)c(Br)cc12. The zero-order chi connectivity index (χ0) is 14.9. The molecular weight excluding hydrogens is 396 g/mol. The summed E-state index contributed by atoms with van der Waals surface area (Å²) in [6, 6.07) is 2.22. The van der Waals surface area contributed by atoms with Crippen molar-refractivity contribution in [2.24, 2.45) is 0 Å². The van der Waals surface area contributed by atoms with Gasteiger partial charge in [0.2, 0.25) is 0 Å². The third kappa shape index (κ3) is 2.87. The van der Waals surface area contributed by atoms with Crippen LogP contribution >= 0.6 is 31.9 Å². The third-order valence-corrected chi connectivity index (χ3v) is 4.60. The smallest absolute Gasteiger partial charge is 0.328 e. The Morgan fingerprint density at radius 2 is 1.95 bits per heavy atom. The van der Waals surface area contributed by atoms with Crippen LogP contribution in [0.1, 0.15) is 10.4 Å². The van der Waals surface area contributed by atoms with Crippen molar-refractivity contribution in [1.29, 1.82) is 0 Å². The van der Waals surface area contributed by atoms with Gasteiger partial charge in [-0.3, -0.25) is 4.79 Å². The maximum absolute atomic E-state index is 12.1. The molecule has 1 aromatic carbocycles. The summed E-state index contributed by atoms with van der Waals surface area (Å²) < 4.78 is 1.60. The summed E-state index contributed by atoms with van der Waals surface area (Å²) in [4.78, 5) is 25.8. The lowest BCUT2D eigenvalue weighted by molar-refractivity contribution is -0.140. The molecule has 0 spiro atoms. The number of aliphatic hydroxyl groups excluding tert-OH is 1. The van der Waals surface area contributed by atoms with Gasteiger partial charge in [-0.05, 0) is 44.0 Å². The van der Waals surface area contributed by atoms with E-state index in [1.54, 1.807) is 12.1 Å². The Bertz CT molecular complexity index is 683. The Morgan fingerprint density at radius 3 is 2.55 bits per heavy atom. The molecule has 1 aromatic heterocycles. The van der Waals surface area contributed by atoms with Crippen molar-refractivity contribution < 1.29 is 19.8 Å². The van der Waals surface area contributed by atoms with Crippen molar-refractivity contribution in [3.05, 3.63) is 32.8 Å². The van der Waals surface area contributed by atoms with Crippen LogP contribution in [0.15, 0.2) is 27.3 Å². The normalized spacial score (nSPS) is 12.3. The van der Waals surface area contributed by atoms with Gasteiger partial charge in [0.05, 0.1) is 12.2 Å². The van der Waals surface area contributed by atoms with E-state index >= 15 is 0 Å². The molecule has 0 saturated heterocycles. The van der Waals surface area contributed by atoms with Crippen LogP contribution in [0, 0.1) is 0 Å². The minimum Gasteiger partial charge on any atom is -0.480 e. The summed E-state index contributed by atoms with van der Waals surface area (Å²) >= 11 is 6.70. The van der Waals surface area contributed by atoms with Crippen LogP contribution in [-0.2, 0) is 4.79 Å². The lowest BCUT2D eigenvalue weighted by Crippen LogP contribution is -2.43. The number of halogens is 2. The topological polar surface area (TPSA) is 102 Å². The second-order valence-corrected chi connectivity index (χ2v) is 5.77. The van der Waals surface area contributed by atoms with Gasteiger partial charge in [0, 0.05) is 26.0 Å². The summed E-state index contributed by atoms with van der Waals surface area (Å²) in [6.45, 7) is -0.668. The monoisotopic (exact) mass is 404 g/mol. The molecule has 0 radical (unpaired) electrons. The summed E-state index contributed by atoms with van der Waals surface area (Å²) in [6.07, 6.45) is 1.50. The maximum Gasteiger partial charge on any atom is 0.328 e. The fourth-order valence-corrected chi connectivity index (χ4v) is 2.41. The van der Waals surface area contributed by atoms with Crippen molar-refractivity contribution in [1.82, 2.24) is 10.3 Å². The predicted octanol–water partition coefficient (Wildman–Crippen LogP) is 1.87. The number of carboxylic acids is 1. The Kier molecular flexibility index (Phi) is 4.46. The number of aromatic amines is 1. The largest absolute Gasteiger partial charge is 0.480 e. The summed E-state index contributed by atoms with van der Waals surface area (Å²) in [7, 11) is 0.